The first-order valence-corrected chi connectivity index (χ1v) is 11.7. The van der Waals surface area contributed by atoms with Crippen molar-refractivity contribution in [3.8, 4) is 5.75 Å². The molecule has 1 fully saturated rings. The van der Waals surface area contributed by atoms with Gasteiger partial charge in [0.05, 0.1) is 12.0 Å². The van der Waals surface area contributed by atoms with Crippen molar-refractivity contribution in [3.05, 3.63) is 52.1 Å². The molecule has 0 radical (unpaired) electrons. The number of nitro benzene ring substituents is 1. The molecule has 0 aromatic heterocycles. The minimum absolute atomic E-state index is 0.0341. The van der Waals surface area contributed by atoms with Gasteiger partial charge in [-0.1, -0.05) is 6.42 Å². The number of amides is 1. The Morgan fingerprint density at radius 2 is 1.88 bits per heavy atom. The number of nitrogens with zero attached hydrogens (tertiary/aromatic N) is 2. The van der Waals surface area contributed by atoms with Gasteiger partial charge in [-0.15, -0.1) is 0 Å². The van der Waals surface area contributed by atoms with Crippen LogP contribution in [0.2, 0.25) is 0 Å². The number of hydrogen-bond donors (Lipinski definition) is 2. The fraction of sp³-hybridized carbons (Fsp3) is 0.381. The summed E-state index contributed by atoms with van der Waals surface area (Å²) >= 11 is 0. The summed E-state index contributed by atoms with van der Waals surface area (Å²) < 4.78 is 33.0. The minimum atomic E-state index is -3.80. The zero-order valence-corrected chi connectivity index (χ0v) is 18.8. The molecule has 172 valence electrons. The molecule has 0 unspecified atom stereocenters. The Kier molecular flexibility index (Phi) is 7.31. The Balaban J connectivity index is 1.89. The summed E-state index contributed by atoms with van der Waals surface area (Å²) in [4.78, 5) is 23.5. The molecular weight excluding hydrogens is 436 g/mol. The van der Waals surface area contributed by atoms with Crippen molar-refractivity contribution in [1.29, 1.82) is 0 Å². The van der Waals surface area contributed by atoms with Crippen LogP contribution in [0.15, 0.2) is 41.3 Å². The number of anilines is 2. The number of benzene rings is 2. The zero-order valence-electron chi connectivity index (χ0n) is 18.0. The molecule has 1 heterocycles. The fourth-order valence-corrected chi connectivity index (χ4v) is 5.27. The molecule has 1 aliphatic heterocycles. The van der Waals surface area contributed by atoms with Gasteiger partial charge in [0, 0.05) is 37.0 Å². The number of nitrogens with one attached hydrogen (secondary N) is 2. The lowest BCUT2D eigenvalue weighted by Gasteiger charge is -2.26. The number of ether oxygens (including phenoxy) is 1. The van der Waals surface area contributed by atoms with Gasteiger partial charge >= 0.3 is 0 Å². The second-order valence-electron chi connectivity index (χ2n) is 7.30. The van der Waals surface area contributed by atoms with Crippen molar-refractivity contribution < 1.29 is 22.9 Å². The third-order valence-electron chi connectivity index (χ3n) is 5.18. The van der Waals surface area contributed by atoms with Crippen molar-refractivity contribution in [3.63, 3.8) is 0 Å². The Bertz CT molecular complexity index is 1110. The van der Waals surface area contributed by atoms with Crippen molar-refractivity contribution in [2.75, 3.05) is 37.4 Å². The number of carbonyl (C=O) groups is 1. The first kappa shape index (κ1) is 23.5. The van der Waals surface area contributed by atoms with Crippen LogP contribution in [0, 0.1) is 10.1 Å². The van der Waals surface area contributed by atoms with Crippen LogP contribution in [0.4, 0.5) is 17.1 Å². The normalized spacial score (nSPS) is 14.6. The van der Waals surface area contributed by atoms with Gasteiger partial charge in [0.15, 0.2) is 0 Å². The molecule has 2 aromatic rings. The van der Waals surface area contributed by atoms with Crippen molar-refractivity contribution in [1.82, 2.24) is 4.31 Å². The monoisotopic (exact) mass is 462 g/mol. The van der Waals surface area contributed by atoms with Gasteiger partial charge in [-0.05, 0) is 50.1 Å². The smallest absolute Gasteiger partial charge is 0.293 e. The number of nitro groups is 1. The minimum Gasteiger partial charge on any atom is -0.495 e. The molecule has 2 N–H and O–H groups in total. The highest BCUT2D eigenvalue weighted by molar-refractivity contribution is 7.89. The Hall–Kier alpha value is -3.18. The predicted octanol–water partition coefficient (Wildman–Crippen LogP) is 3.46. The van der Waals surface area contributed by atoms with E-state index < -0.39 is 20.9 Å². The molecule has 10 nitrogen and oxygen atoms in total. The summed E-state index contributed by atoms with van der Waals surface area (Å²) in [5, 5.41) is 16.9. The maximum Gasteiger partial charge on any atom is 0.293 e. The van der Waals surface area contributed by atoms with Gasteiger partial charge in [0.1, 0.15) is 16.3 Å². The topological polar surface area (TPSA) is 131 Å². The highest BCUT2D eigenvalue weighted by atomic mass is 32.2. The van der Waals surface area contributed by atoms with E-state index in [0.717, 1.165) is 19.3 Å². The number of rotatable bonds is 8. The molecule has 0 saturated carbocycles. The second-order valence-corrected chi connectivity index (χ2v) is 9.21. The van der Waals surface area contributed by atoms with Crippen LogP contribution in [-0.4, -0.2) is 50.3 Å². The highest BCUT2D eigenvalue weighted by Gasteiger charge is 2.29. The number of sulfonamides is 1. The SMILES string of the molecule is CCNc1ccc(C(=O)Nc2ccc(OC)c(S(=O)(=O)N3CCCCC3)c2)cc1[N+](=O)[O-]. The second kappa shape index (κ2) is 9.96. The maximum absolute atomic E-state index is 13.1. The van der Waals surface area contributed by atoms with Gasteiger partial charge in [0.25, 0.3) is 11.6 Å². The summed E-state index contributed by atoms with van der Waals surface area (Å²) in [6, 6.07) is 8.47. The Morgan fingerprint density at radius 1 is 1.16 bits per heavy atom. The number of methoxy groups -OCH3 is 1. The molecule has 0 atom stereocenters. The molecule has 2 aromatic carbocycles. The molecule has 11 heteroatoms. The highest BCUT2D eigenvalue weighted by Crippen LogP contribution is 2.32. The molecule has 0 spiro atoms. The van der Waals surface area contributed by atoms with Crippen LogP contribution in [-0.2, 0) is 10.0 Å². The molecule has 1 saturated heterocycles. The third kappa shape index (κ3) is 5.00. The molecule has 1 amide bonds. The maximum atomic E-state index is 13.1. The molecular formula is C21H26N4O6S. The Labute approximate surface area is 186 Å². The van der Waals surface area contributed by atoms with E-state index in [9.17, 15) is 23.3 Å². The van der Waals surface area contributed by atoms with Crippen LogP contribution >= 0.6 is 0 Å². The molecule has 0 bridgehead atoms. The van der Waals surface area contributed by atoms with E-state index in [1.807, 2.05) is 6.92 Å². The van der Waals surface area contributed by atoms with E-state index in [2.05, 4.69) is 10.6 Å². The Morgan fingerprint density at radius 3 is 2.50 bits per heavy atom. The van der Waals surface area contributed by atoms with Crippen LogP contribution in [0.25, 0.3) is 0 Å². The predicted molar refractivity (Wildman–Crippen MR) is 121 cm³/mol. The number of carbonyl (C=O) groups excluding carboxylic acids is 1. The average Bonchev–Trinajstić information content (AvgIpc) is 2.79. The van der Waals surface area contributed by atoms with Gasteiger partial charge in [-0.3, -0.25) is 14.9 Å². The van der Waals surface area contributed by atoms with Crippen molar-refractivity contribution >= 4 is 33.0 Å². The molecule has 0 aliphatic carbocycles. The zero-order chi connectivity index (χ0) is 23.3. The first-order chi connectivity index (χ1) is 15.3. The summed E-state index contributed by atoms with van der Waals surface area (Å²) in [6.07, 6.45) is 2.57. The van der Waals surface area contributed by atoms with Gasteiger partial charge < -0.3 is 15.4 Å². The molecule has 32 heavy (non-hydrogen) atoms. The van der Waals surface area contributed by atoms with E-state index in [1.54, 1.807) is 0 Å². The quantitative estimate of drug-likeness (QED) is 0.454. The number of piperidine rings is 1. The summed E-state index contributed by atoms with van der Waals surface area (Å²) in [5.41, 5.74) is 0.412. The van der Waals surface area contributed by atoms with E-state index in [-0.39, 0.29) is 27.6 Å². The number of hydrogen-bond acceptors (Lipinski definition) is 7. The summed E-state index contributed by atoms with van der Waals surface area (Å²) in [6.45, 7) is 3.17. The van der Waals surface area contributed by atoms with Crippen molar-refractivity contribution in [2.24, 2.45) is 0 Å². The largest absolute Gasteiger partial charge is 0.495 e. The van der Waals surface area contributed by atoms with Gasteiger partial charge in [-0.25, -0.2) is 8.42 Å². The molecule has 1 aliphatic rings. The lowest BCUT2D eigenvalue weighted by Crippen LogP contribution is -2.35. The average molecular weight is 463 g/mol. The fourth-order valence-electron chi connectivity index (χ4n) is 3.57. The summed E-state index contributed by atoms with van der Waals surface area (Å²) in [7, 11) is -2.42. The van der Waals surface area contributed by atoms with Crippen molar-refractivity contribution in [2.45, 2.75) is 31.1 Å². The van der Waals surface area contributed by atoms with E-state index >= 15 is 0 Å². The van der Waals surface area contributed by atoms with Gasteiger partial charge in [-0.2, -0.15) is 4.31 Å². The standard InChI is InChI=1S/C21H26N4O6S/c1-3-22-17-9-7-15(13-18(17)25(27)28)21(26)23-16-8-10-19(31-2)20(14-16)32(29,30)24-11-5-4-6-12-24/h7-10,13-14,22H,3-6,11-12H2,1-2H3,(H,23,26). The lowest BCUT2D eigenvalue weighted by atomic mass is 10.1. The lowest BCUT2D eigenvalue weighted by molar-refractivity contribution is -0.384. The first-order valence-electron chi connectivity index (χ1n) is 10.3. The summed E-state index contributed by atoms with van der Waals surface area (Å²) in [5.74, 6) is -0.415. The van der Waals surface area contributed by atoms with Crippen LogP contribution in [0.1, 0.15) is 36.5 Å². The van der Waals surface area contributed by atoms with Crippen LogP contribution in [0.5, 0.6) is 5.75 Å². The van der Waals surface area contributed by atoms with Crippen LogP contribution in [0.3, 0.4) is 0 Å². The van der Waals surface area contributed by atoms with Gasteiger partial charge in [0.2, 0.25) is 10.0 Å². The van der Waals surface area contributed by atoms with E-state index in [0.29, 0.717) is 25.3 Å². The third-order valence-corrected chi connectivity index (χ3v) is 7.10. The molecule has 3 rings (SSSR count). The van der Waals surface area contributed by atoms with E-state index in [4.69, 9.17) is 4.74 Å². The van der Waals surface area contributed by atoms with Crippen LogP contribution < -0.4 is 15.4 Å². The van der Waals surface area contributed by atoms with E-state index in [1.165, 1.54) is 47.8 Å².